The Kier molecular flexibility index (Phi) is 17.0. The van der Waals surface area contributed by atoms with Gasteiger partial charge in [-0.3, -0.25) is 24.0 Å². The van der Waals surface area contributed by atoms with Crippen molar-refractivity contribution in [3.05, 3.63) is 66.2 Å². The van der Waals surface area contributed by atoms with E-state index < -0.39 is 88.5 Å². The number of nitrogens with one attached hydrogen (secondary N) is 5. The smallest absolute Gasteiger partial charge is 0.407 e. The number of primary amides is 1. The maximum atomic E-state index is 14.5. The number of carbonyl (C=O) groups is 6. The quantitative estimate of drug-likeness (QED) is 0.107. The number of likely N-dealkylation sites (tertiary alicyclic amines) is 1. The standard InChI is InChI=1S/C40H57N7O10S/c1-4-14-30(35(49)38(52)42-22-32(48)44-33(36(41)50)26-15-8-5-9-16-26)43-37(51)31-21-28(46-58(55,56)29-19-12-7-13-20-29)23-47(31)39(53)34(27-17-10-6-11-18-27)45-40(54)57-24-25(2)3/h5,7-9,12-13,15-16,19-20,25,27-28,30-31,33-35,46,49H,4,6,10-11,14,17-18,21-24H2,1-3H3,(H2,41,50)(H,42,52)(H,43,51)(H,44,48)(H,45,54)/t28-,30+,31?,33+,34+,35+/m1/s1. The van der Waals surface area contributed by atoms with Crippen LogP contribution in [0.2, 0.25) is 0 Å². The van der Waals surface area contributed by atoms with Crippen LogP contribution < -0.4 is 31.7 Å². The molecule has 1 saturated heterocycles. The number of benzene rings is 2. The number of hydrogen-bond acceptors (Lipinski definition) is 10. The van der Waals surface area contributed by atoms with E-state index in [0.717, 1.165) is 19.3 Å². The predicted octanol–water partition coefficient (Wildman–Crippen LogP) is 1.37. The van der Waals surface area contributed by atoms with Gasteiger partial charge in [0, 0.05) is 12.6 Å². The van der Waals surface area contributed by atoms with Crippen molar-refractivity contribution in [2.75, 3.05) is 19.7 Å². The zero-order valence-corrected chi connectivity index (χ0v) is 34.0. The molecule has 1 saturated carbocycles. The highest BCUT2D eigenvalue weighted by Crippen LogP contribution is 2.30. The number of sulfonamides is 1. The van der Waals surface area contributed by atoms with Crippen LogP contribution in [0.4, 0.5) is 4.79 Å². The molecule has 4 rings (SSSR count). The lowest BCUT2D eigenvalue weighted by molar-refractivity contribution is -0.142. The van der Waals surface area contributed by atoms with E-state index in [1.165, 1.54) is 17.0 Å². The normalized spacial score (nSPS) is 19.3. The van der Waals surface area contributed by atoms with Gasteiger partial charge in [-0.2, -0.15) is 0 Å². The van der Waals surface area contributed by atoms with E-state index in [9.17, 15) is 42.3 Å². The van der Waals surface area contributed by atoms with Gasteiger partial charge in [0.1, 0.15) is 18.1 Å². The molecule has 17 nitrogen and oxygen atoms in total. The maximum absolute atomic E-state index is 14.5. The van der Waals surface area contributed by atoms with Gasteiger partial charge in [0.05, 0.1) is 24.1 Å². The largest absolute Gasteiger partial charge is 0.449 e. The van der Waals surface area contributed by atoms with E-state index in [1.807, 2.05) is 13.8 Å². The molecule has 6 atom stereocenters. The number of nitrogens with two attached hydrogens (primary N) is 1. The van der Waals surface area contributed by atoms with Crippen molar-refractivity contribution in [2.45, 2.75) is 113 Å². The first-order chi connectivity index (χ1) is 27.6. The minimum Gasteiger partial charge on any atom is -0.449 e. The van der Waals surface area contributed by atoms with E-state index in [4.69, 9.17) is 10.5 Å². The van der Waals surface area contributed by atoms with Gasteiger partial charge >= 0.3 is 6.09 Å². The van der Waals surface area contributed by atoms with Crippen LogP contribution in [0.3, 0.4) is 0 Å². The van der Waals surface area contributed by atoms with E-state index in [-0.39, 0.29) is 42.7 Å². The number of aliphatic hydroxyl groups is 1. The van der Waals surface area contributed by atoms with Crippen LogP contribution in [-0.4, -0.2) is 104 Å². The number of amides is 6. The van der Waals surface area contributed by atoms with Crippen molar-refractivity contribution in [2.24, 2.45) is 17.6 Å². The van der Waals surface area contributed by atoms with E-state index >= 15 is 0 Å². The zero-order chi connectivity index (χ0) is 42.4. The molecule has 0 spiro atoms. The number of carbonyl (C=O) groups excluding carboxylic acids is 6. The highest BCUT2D eigenvalue weighted by molar-refractivity contribution is 7.89. The second-order valence-corrected chi connectivity index (χ2v) is 17.0. The van der Waals surface area contributed by atoms with Gasteiger partial charge in [-0.15, -0.1) is 0 Å². The van der Waals surface area contributed by atoms with Crippen molar-refractivity contribution in [1.82, 2.24) is 30.9 Å². The molecule has 1 unspecified atom stereocenters. The summed E-state index contributed by atoms with van der Waals surface area (Å²) in [6.07, 6.45) is 1.66. The van der Waals surface area contributed by atoms with Gasteiger partial charge in [0.2, 0.25) is 33.7 Å². The Balaban J connectivity index is 1.53. The third-order valence-corrected chi connectivity index (χ3v) is 11.7. The molecule has 2 aliphatic rings. The Morgan fingerprint density at radius 3 is 2.16 bits per heavy atom. The number of rotatable bonds is 19. The Morgan fingerprint density at radius 2 is 1.55 bits per heavy atom. The summed E-state index contributed by atoms with van der Waals surface area (Å²) >= 11 is 0. The highest BCUT2D eigenvalue weighted by Gasteiger charge is 2.46. The molecule has 0 bridgehead atoms. The van der Waals surface area contributed by atoms with Gasteiger partial charge in [-0.05, 0) is 55.2 Å². The Hall–Kier alpha value is -5.07. The number of alkyl carbamates (subject to hydrolysis) is 1. The average Bonchev–Trinajstić information content (AvgIpc) is 3.63. The lowest BCUT2D eigenvalue weighted by Crippen LogP contribution is -2.58. The summed E-state index contributed by atoms with van der Waals surface area (Å²) in [4.78, 5) is 80.9. The first-order valence-electron chi connectivity index (χ1n) is 19.8. The molecular formula is C40H57N7O10S. The maximum Gasteiger partial charge on any atom is 0.407 e. The first kappa shape index (κ1) is 45.6. The van der Waals surface area contributed by atoms with Crippen molar-refractivity contribution < 1.29 is 47.0 Å². The SMILES string of the molecule is CCC[C@H](NC(=O)C1C[C@@H](NS(=O)(=O)c2ccccc2)CN1C(=O)[C@@H](NC(=O)OCC(C)C)C1CCCCC1)[C@H](O)C(=O)NCC(=O)N[C@H](C(N)=O)c1ccccc1. The fourth-order valence-corrected chi connectivity index (χ4v) is 8.53. The van der Waals surface area contributed by atoms with Crippen LogP contribution in [0, 0.1) is 11.8 Å². The van der Waals surface area contributed by atoms with E-state index in [1.54, 1.807) is 55.5 Å². The summed E-state index contributed by atoms with van der Waals surface area (Å²) < 4.78 is 34.7. The highest BCUT2D eigenvalue weighted by atomic mass is 32.2. The third-order valence-electron chi connectivity index (χ3n) is 10.2. The van der Waals surface area contributed by atoms with Crippen LogP contribution in [0.15, 0.2) is 65.6 Å². The fourth-order valence-electron chi connectivity index (χ4n) is 7.27. The second kappa shape index (κ2) is 21.6. The van der Waals surface area contributed by atoms with Crippen LogP contribution in [0.1, 0.15) is 83.7 Å². The molecule has 1 aliphatic carbocycles. The third kappa shape index (κ3) is 13.0. The van der Waals surface area contributed by atoms with Crippen LogP contribution in [0.5, 0.6) is 0 Å². The molecule has 318 valence electrons. The zero-order valence-electron chi connectivity index (χ0n) is 33.2. The van der Waals surface area contributed by atoms with Crippen molar-refractivity contribution in [3.63, 3.8) is 0 Å². The minimum atomic E-state index is -4.08. The number of aliphatic hydroxyl groups excluding tert-OH is 1. The first-order valence-corrected chi connectivity index (χ1v) is 21.3. The molecule has 8 N–H and O–H groups in total. The van der Waals surface area contributed by atoms with Gasteiger partial charge in [0.15, 0.2) is 6.10 Å². The number of nitrogens with zero attached hydrogens (tertiary/aromatic N) is 1. The number of ether oxygens (including phenoxy) is 1. The predicted molar refractivity (Wildman–Crippen MR) is 213 cm³/mol. The van der Waals surface area contributed by atoms with Gasteiger partial charge in [0.25, 0.3) is 5.91 Å². The topological polar surface area (TPSA) is 255 Å². The summed E-state index contributed by atoms with van der Waals surface area (Å²) in [7, 11) is -4.08. The van der Waals surface area contributed by atoms with Crippen LogP contribution >= 0.6 is 0 Å². The second-order valence-electron chi connectivity index (χ2n) is 15.3. The fraction of sp³-hybridized carbons (Fsp3) is 0.550. The van der Waals surface area contributed by atoms with E-state index in [2.05, 4.69) is 26.0 Å². The molecule has 0 radical (unpaired) electrons. The summed E-state index contributed by atoms with van der Waals surface area (Å²) in [6, 6.07) is 10.3. The lowest BCUT2D eigenvalue weighted by Gasteiger charge is -2.35. The summed E-state index contributed by atoms with van der Waals surface area (Å²) in [5.74, 6) is -4.14. The Labute approximate surface area is 339 Å². The molecule has 0 aromatic heterocycles. The van der Waals surface area contributed by atoms with Gasteiger partial charge < -0.3 is 41.7 Å². The molecule has 1 heterocycles. The van der Waals surface area contributed by atoms with Crippen molar-refractivity contribution >= 4 is 45.7 Å². The molecule has 1 aliphatic heterocycles. The summed E-state index contributed by atoms with van der Waals surface area (Å²) in [5, 5.41) is 21.4. The molecule has 2 fully saturated rings. The molecule has 58 heavy (non-hydrogen) atoms. The van der Waals surface area contributed by atoms with Gasteiger partial charge in [-0.25, -0.2) is 17.9 Å². The Bertz CT molecular complexity index is 1830. The molecular weight excluding hydrogens is 771 g/mol. The van der Waals surface area contributed by atoms with Crippen LogP contribution in [0.25, 0.3) is 0 Å². The van der Waals surface area contributed by atoms with Crippen molar-refractivity contribution in [3.8, 4) is 0 Å². The molecule has 2 aromatic carbocycles. The Morgan fingerprint density at radius 1 is 0.914 bits per heavy atom. The molecule has 18 heteroatoms. The summed E-state index contributed by atoms with van der Waals surface area (Å²) in [5.41, 5.74) is 5.91. The summed E-state index contributed by atoms with van der Waals surface area (Å²) in [6.45, 7) is 4.80. The molecule has 2 aromatic rings. The molecule has 6 amide bonds. The minimum absolute atomic E-state index is 0.00790. The van der Waals surface area contributed by atoms with E-state index in [0.29, 0.717) is 24.8 Å². The lowest BCUT2D eigenvalue weighted by atomic mass is 9.83. The van der Waals surface area contributed by atoms with Crippen LogP contribution in [-0.2, 0) is 38.7 Å². The monoisotopic (exact) mass is 827 g/mol. The number of hydrogen-bond donors (Lipinski definition) is 7. The average molecular weight is 828 g/mol. The van der Waals surface area contributed by atoms with Gasteiger partial charge in [-0.1, -0.05) is 95.0 Å². The van der Waals surface area contributed by atoms with Crippen molar-refractivity contribution in [1.29, 1.82) is 0 Å².